The van der Waals surface area contributed by atoms with Gasteiger partial charge in [0.05, 0.1) is 17.5 Å². The van der Waals surface area contributed by atoms with E-state index in [2.05, 4.69) is 10.2 Å². The second-order valence-corrected chi connectivity index (χ2v) is 5.67. The molecule has 1 saturated heterocycles. The first-order valence-electron chi connectivity index (χ1n) is 7.58. The Morgan fingerprint density at radius 2 is 2.19 bits per heavy atom. The van der Waals surface area contributed by atoms with Crippen LogP contribution in [-0.2, 0) is 4.79 Å². The Kier molecular flexibility index (Phi) is 4.94. The van der Waals surface area contributed by atoms with Gasteiger partial charge in [-0.1, -0.05) is 6.07 Å². The summed E-state index contributed by atoms with van der Waals surface area (Å²) in [5.74, 6) is 0.730. The summed E-state index contributed by atoms with van der Waals surface area (Å²) in [6, 6.07) is 5.61. The summed E-state index contributed by atoms with van der Waals surface area (Å²) in [4.78, 5) is 14.2. The van der Waals surface area contributed by atoms with Gasteiger partial charge in [-0.25, -0.2) is 0 Å². The normalized spacial score (nSPS) is 18.7. The number of nitrogen functional groups attached to an aromatic ring is 1. The van der Waals surface area contributed by atoms with E-state index in [0.717, 1.165) is 31.5 Å². The zero-order chi connectivity index (χ0) is 15.4. The Balaban J connectivity index is 2.32. The number of benzene rings is 1. The fourth-order valence-corrected chi connectivity index (χ4v) is 2.80. The molecule has 1 atom stereocenters. The number of amides is 1. The topological polar surface area (TPSA) is 67.6 Å². The smallest absolute Gasteiger partial charge is 0.242 e. The molecule has 0 aliphatic carbocycles. The predicted octanol–water partition coefficient (Wildman–Crippen LogP) is 2.16. The van der Waals surface area contributed by atoms with Crippen molar-refractivity contribution in [1.82, 2.24) is 5.32 Å². The van der Waals surface area contributed by atoms with Crippen LogP contribution in [0.5, 0.6) is 5.75 Å². The number of likely N-dealkylation sites (N-methyl/N-ethyl adjacent to an activating group) is 1. The van der Waals surface area contributed by atoms with E-state index in [1.807, 2.05) is 32.0 Å². The van der Waals surface area contributed by atoms with Crippen LogP contribution in [-0.4, -0.2) is 31.6 Å². The third kappa shape index (κ3) is 3.40. The quantitative estimate of drug-likeness (QED) is 0.834. The highest BCUT2D eigenvalue weighted by Crippen LogP contribution is 2.36. The maximum atomic E-state index is 12.1. The minimum atomic E-state index is -0.152. The lowest BCUT2D eigenvalue weighted by Crippen LogP contribution is -2.49. The second kappa shape index (κ2) is 6.70. The van der Waals surface area contributed by atoms with E-state index in [-0.39, 0.29) is 18.1 Å². The molecule has 1 aromatic rings. The number of nitrogens with zero attached hydrogens (tertiary/aromatic N) is 1. The summed E-state index contributed by atoms with van der Waals surface area (Å²) in [6.45, 7) is 4.79. The number of rotatable bonds is 4. The Morgan fingerprint density at radius 1 is 1.43 bits per heavy atom. The molecule has 5 nitrogen and oxygen atoms in total. The van der Waals surface area contributed by atoms with Gasteiger partial charge in [0.1, 0.15) is 11.8 Å². The molecule has 0 radical (unpaired) electrons. The maximum Gasteiger partial charge on any atom is 0.242 e. The van der Waals surface area contributed by atoms with Crippen LogP contribution in [0.1, 0.15) is 33.1 Å². The van der Waals surface area contributed by atoms with Crippen LogP contribution in [0.25, 0.3) is 0 Å². The molecule has 1 unspecified atom stereocenters. The van der Waals surface area contributed by atoms with Crippen molar-refractivity contribution in [3.05, 3.63) is 18.2 Å². The average molecular weight is 291 g/mol. The van der Waals surface area contributed by atoms with Crippen molar-refractivity contribution in [1.29, 1.82) is 0 Å². The first-order valence-corrected chi connectivity index (χ1v) is 7.58. The Bertz CT molecular complexity index is 502. The zero-order valence-corrected chi connectivity index (χ0v) is 13.1. The number of anilines is 2. The van der Waals surface area contributed by atoms with Crippen LogP contribution in [0, 0.1) is 0 Å². The van der Waals surface area contributed by atoms with Gasteiger partial charge < -0.3 is 20.7 Å². The van der Waals surface area contributed by atoms with Gasteiger partial charge in [0.2, 0.25) is 5.91 Å². The maximum absolute atomic E-state index is 12.1. The average Bonchev–Trinajstić information content (AvgIpc) is 2.48. The molecule has 1 aromatic carbocycles. The van der Waals surface area contributed by atoms with E-state index >= 15 is 0 Å². The number of hydrogen-bond acceptors (Lipinski definition) is 4. The number of carbonyl (C=O) groups excluding carboxylic acids is 1. The summed E-state index contributed by atoms with van der Waals surface area (Å²) in [5, 5.41) is 2.75. The van der Waals surface area contributed by atoms with Crippen LogP contribution in [0.4, 0.5) is 11.4 Å². The van der Waals surface area contributed by atoms with E-state index in [1.165, 1.54) is 0 Å². The highest BCUT2D eigenvalue weighted by Gasteiger charge is 2.29. The monoisotopic (exact) mass is 291 g/mol. The van der Waals surface area contributed by atoms with Crippen LogP contribution >= 0.6 is 0 Å². The van der Waals surface area contributed by atoms with Gasteiger partial charge in [-0.15, -0.1) is 0 Å². The molecule has 21 heavy (non-hydrogen) atoms. The van der Waals surface area contributed by atoms with Crippen LogP contribution in [0.15, 0.2) is 18.2 Å². The second-order valence-electron chi connectivity index (χ2n) is 5.67. The molecule has 0 aromatic heterocycles. The number of piperidine rings is 1. The molecule has 1 heterocycles. The fraction of sp³-hybridized carbons (Fsp3) is 0.562. The van der Waals surface area contributed by atoms with Gasteiger partial charge >= 0.3 is 0 Å². The van der Waals surface area contributed by atoms with Crippen molar-refractivity contribution in [3.63, 3.8) is 0 Å². The largest absolute Gasteiger partial charge is 0.489 e. The minimum absolute atomic E-state index is 0.0456. The summed E-state index contributed by atoms with van der Waals surface area (Å²) in [5.41, 5.74) is 7.77. The zero-order valence-electron chi connectivity index (χ0n) is 13.1. The molecule has 1 aliphatic rings. The SMILES string of the molecule is CNC(=O)C1CCCCN1c1cccc(OC(C)C)c1N. The van der Waals surface area contributed by atoms with E-state index in [9.17, 15) is 4.79 Å². The number of para-hydroxylation sites is 1. The highest BCUT2D eigenvalue weighted by molar-refractivity contribution is 5.87. The highest BCUT2D eigenvalue weighted by atomic mass is 16.5. The van der Waals surface area contributed by atoms with Gasteiger partial charge in [0, 0.05) is 13.6 Å². The van der Waals surface area contributed by atoms with Crippen molar-refractivity contribution >= 4 is 17.3 Å². The molecular weight excluding hydrogens is 266 g/mol. The van der Waals surface area contributed by atoms with Gasteiger partial charge in [-0.05, 0) is 45.2 Å². The van der Waals surface area contributed by atoms with Gasteiger partial charge in [0.25, 0.3) is 0 Å². The van der Waals surface area contributed by atoms with Crippen LogP contribution < -0.4 is 20.7 Å². The first-order chi connectivity index (χ1) is 10.0. The minimum Gasteiger partial charge on any atom is -0.489 e. The summed E-state index contributed by atoms with van der Waals surface area (Å²) in [6.07, 6.45) is 3.06. The molecule has 2 rings (SSSR count). The van der Waals surface area contributed by atoms with E-state index in [4.69, 9.17) is 10.5 Å². The summed E-state index contributed by atoms with van der Waals surface area (Å²) >= 11 is 0. The standard InChI is InChI=1S/C16H25N3O2/c1-11(2)21-14-9-6-8-12(15(14)17)19-10-5-4-7-13(19)16(20)18-3/h6,8-9,11,13H,4-5,7,10,17H2,1-3H3,(H,18,20). The van der Waals surface area contributed by atoms with Gasteiger partial charge in [0.15, 0.2) is 0 Å². The van der Waals surface area contributed by atoms with Crippen molar-refractivity contribution < 1.29 is 9.53 Å². The van der Waals surface area contributed by atoms with Crippen LogP contribution in [0.2, 0.25) is 0 Å². The number of nitrogens with two attached hydrogens (primary N) is 1. The lowest BCUT2D eigenvalue weighted by molar-refractivity contribution is -0.122. The Hall–Kier alpha value is -1.91. The molecule has 0 bridgehead atoms. The predicted molar refractivity (Wildman–Crippen MR) is 85.7 cm³/mol. The molecule has 1 fully saturated rings. The van der Waals surface area contributed by atoms with Crippen molar-refractivity contribution in [2.45, 2.75) is 45.3 Å². The van der Waals surface area contributed by atoms with E-state index < -0.39 is 0 Å². The molecule has 0 spiro atoms. The lowest BCUT2D eigenvalue weighted by atomic mass is 10.00. The number of hydrogen-bond donors (Lipinski definition) is 2. The lowest BCUT2D eigenvalue weighted by Gasteiger charge is -2.37. The third-order valence-electron chi connectivity index (χ3n) is 3.77. The summed E-state index contributed by atoms with van der Waals surface area (Å²) < 4.78 is 5.75. The fourth-order valence-electron chi connectivity index (χ4n) is 2.80. The van der Waals surface area contributed by atoms with E-state index in [1.54, 1.807) is 7.05 Å². The number of ether oxygens (including phenoxy) is 1. The molecule has 1 aliphatic heterocycles. The number of nitrogens with one attached hydrogen (secondary N) is 1. The molecule has 5 heteroatoms. The number of carbonyl (C=O) groups is 1. The molecule has 116 valence electrons. The van der Waals surface area contributed by atoms with E-state index in [0.29, 0.717) is 11.4 Å². The van der Waals surface area contributed by atoms with Crippen molar-refractivity contribution in [2.75, 3.05) is 24.2 Å². The van der Waals surface area contributed by atoms with Crippen molar-refractivity contribution in [3.8, 4) is 5.75 Å². The molecule has 1 amide bonds. The third-order valence-corrected chi connectivity index (χ3v) is 3.77. The Morgan fingerprint density at radius 3 is 2.86 bits per heavy atom. The molecular formula is C16H25N3O2. The molecule has 0 saturated carbocycles. The van der Waals surface area contributed by atoms with Crippen LogP contribution in [0.3, 0.4) is 0 Å². The van der Waals surface area contributed by atoms with Gasteiger partial charge in [-0.3, -0.25) is 4.79 Å². The first kappa shape index (κ1) is 15.5. The molecule has 3 N–H and O–H groups in total. The van der Waals surface area contributed by atoms with Crippen molar-refractivity contribution in [2.24, 2.45) is 0 Å². The Labute approximate surface area is 126 Å². The summed E-state index contributed by atoms with van der Waals surface area (Å²) in [7, 11) is 1.68. The van der Waals surface area contributed by atoms with Gasteiger partial charge in [-0.2, -0.15) is 0 Å².